The van der Waals surface area contributed by atoms with E-state index in [1.807, 2.05) is 13.8 Å². The molecule has 2 N–H and O–H groups in total. The number of fused-ring (bicyclic) bond motifs is 3. The summed E-state index contributed by atoms with van der Waals surface area (Å²) in [6, 6.07) is 0. The first kappa shape index (κ1) is 15.3. The Kier molecular flexibility index (Phi) is 3.08. The minimum absolute atomic E-state index is 0.0634. The van der Waals surface area contributed by atoms with Crippen LogP contribution in [0, 0.1) is 29.1 Å². The number of carbonyl (C=O) groups is 1. The molecule has 3 aliphatic rings. The fourth-order valence-corrected chi connectivity index (χ4v) is 5.69. The molecule has 0 aromatic carbocycles. The Balaban J connectivity index is 1.99. The Bertz CT molecular complexity index is 465. The van der Waals surface area contributed by atoms with E-state index in [1.165, 1.54) is 6.92 Å². The molecule has 3 saturated carbocycles. The molecule has 0 aliphatic heterocycles. The lowest BCUT2D eigenvalue weighted by Gasteiger charge is -2.38. The van der Waals surface area contributed by atoms with Gasteiger partial charge in [0.15, 0.2) is 0 Å². The molecule has 3 aliphatic carbocycles. The van der Waals surface area contributed by atoms with E-state index >= 15 is 0 Å². The monoisotopic (exact) mass is 296 g/mol. The zero-order valence-electron chi connectivity index (χ0n) is 13.7. The molecular formula is C17H28O4. The molecule has 0 aromatic heterocycles. The predicted molar refractivity (Wildman–Crippen MR) is 78.4 cm³/mol. The van der Waals surface area contributed by atoms with Gasteiger partial charge in [0.25, 0.3) is 0 Å². The maximum atomic E-state index is 11.4. The number of rotatable bonds is 1. The van der Waals surface area contributed by atoms with Crippen molar-refractivity contribution in [2.75, 3.05) is 0 Å². The van der Waals surface area contributed by atoms with E-state index in [4.69, 9.17) is 4.74 Å². The molecule has 4 heteroatoms. The third-order valence-corrected chi connectivity index (χ3v) is 6.63. The summed E-state index contributed by atoms with van der Waals surface area (Å²) in [6.07, 6.45) is 1.83. The van der Waals surface area contributed by atoms with Gasteiger partial charge in [0.2, 0.25) is 0 Å². The van der Waals surface area contributed by atoms with Gasteiger partial charge in [0.1, 0.15) is 6.10 Å². The summed E-state index contributed by atoms with van der Waals surface area (Å²) in [5.74, 6) is 0.456. The number of aliphatic hydroxyl groups is 2. The van der Waals surface area contributed by atoms with Gasteiger partial charge in [-0.05, 0) is 49.9 Å². The summed E-state index contributed by atoms with van der Waals surface area (Å²) in [4.78, 5) is 11.4. The molecule has 3 fully saturated rings. The summed E-state index contributed by atoms with van der Waals surface area (Å²) in [5.41, 5.74) is -1.54. The first-order chi connectivity index (χ1) is 9.48. The highest BCUT2D eigenvalue weighted by Crippen LogP contribution is 2.72. The highest BCUT2D eigenvalue weighted by molar-refractivity contribution is 5.66. The molecule has 3 unspecified atom stereocenters. The molecule has 0 heterocycles. The Morgan fingerprint density at radius 3 is 2.24 bits per heavy atom. The molecule has 0 radical (unpaired) electrons. The van der Waals surface area contributed by atoms with Crippen LogP contribution < -0.4 is 0 Å². The molecule has 0 amide bonds. The third kappa shape index (κ3) is 2.14. The average molecular weight is 296 g/mol. The number of hydrogen-bond acceptors (Lipinski definition) is 4. The van der Waals surface area contributed by atoms with Crippen LogP contribution >= 0.6 is 0 Å². The van der Waals surface area contributed by atoms with Gasteiger partial charge in [0.05, 0.1) is 11.2 Å². The highest BCUT2D eigenvalue weighted by Gasteiger charge is 2.73. The number of hydrogen-bond donors (Lipinski definition) is 2. The maximum absolute atomic E-state index is 11.4. The highest BCUT2D eigenvalue weighted by atomic mass is 16.5. The standard InChI is InChI=1S/C17H28O4/c1-9(18)21-11-8-17(5,20)10-6-7-16(4,19)12(10)14-13(11)15(14,2)3/h10-14,19-20H,6-8H2,1-5H3/t10?,11-,12?,13+,14?,16+,17+/m0/s1. The van der Waals surface area contributed by atoms with E-state index in [0.29, 0.717) is 12.3 Å². The van der Waals surface area contributed by atoms with Crippen LogP contribution in [0.15, 0.2) is 0 Å². The molecule has 0 spiro atoms. The first-order valence-corrected chi connectivity index (χ1v) is 8.10. The summed E-state index contributed by atoms with van der Waals surface area (Å²) < 4.78 is 5.55. The van der Waals surface area contributed by atoms with Crippen LogP contribution in [0.25, 0.3) is 0 Å². The Morgan fingerprint density at radius 2 is 1.67 bits per heavy atom. The normalized spacial score (nSPS) is 54.3. The van der Waals surface area contributed by atoms with E-state index in [1.54, 1.807) is 0 Å². The molecule has 0 saturated heterocycles. The average Bonchev–Trinajstić information content (AvgIpc) is 2.71. The fourth-order valence-electron chi connectivity index (χ4n) is 5.69. The Hall–Kier alpha value is -0.610. The number of esters is 1. The molecule has 3 rings (SSSR count). The lowest BCUT2D eigenvalue weighted by atomic mass is 9.73. The summed E-state index contributed by atoms with van der Waals surface area (Å²) in [5, 5.41) is 21.8. The second-order valence-electron chi connectivity index (χ2n) is 8.61. The SMILES string of the molecule is CC(=O)O[C@H]1C[C@@](C)(O)C2CC[C@@](C)(O)C2C2[C@@H]1C2(C)C. The predicted octanol–water partition coefficient (Wildman–Crippen LogP) is 2.12. The number of carbonyl (C=O) groups excluding carboxylic acids is 1. The summed E-state index contributed by atoms with van der Waals surface area (Å²) >= 11 is 0. The van der Waals surface area contributed by atoms with Crippen LogP contribution in [0.2, 0.25) is 0 Å². The Morgan fingerprint density at radius 1 is 1.05 bits per heavy atom. The van der Waals surface area contributed by atoms with Crippen LogP contribution in [0.1, 0.15) is 53.9 Å². The van der Waals surface area contributed by atoms with Gasteiger partial charge in [-0.2, -0.15) is 0 Å². The molecule has 7 atom stereocenters. The lowest BCUT2D eigenvalue weighted by Crippen LogP contribution is -2.44. The van der Waals surface area contributed by atoms with Crippen LogP contribution in [0.3, 0.4) is 0 Å². The smallest absolute Gasteiger partial charge is 0.302 e. The van der Waals surface area contributed by atoms with Crippen molar-refractivity contribution >= 4 is 5.97 Å². The lowest BCUT2D eigenvalue weighted by molar-refractivity contribution is -0.152. The molecule has 0 aromatic rings. The van der Waals surface area contributed by atoms with Gasteiger partial charge in [0, 0.05) is 19.3 Å². The van der Waals surface area contributed by atoms with E-state index in [9.17, 15) is 15.0 Å². The van der Waals surface area contributed by atoms with Gasteiger partial charge in [-0.15, -0.1) is 0 Å². The van der Waals surface area contributed by atoms with E-state index in [2.05, 4.69) is 13.8 Å². The molecule has 4 nitrogen and oxygen atoms in total. The van der Waals surface area contributed by atoms with Crippen LogP contribution in [-0.4, -0.2) is 33.5 Å². The third-order valence-electron chi connectivity index (χ3n) is 6.63. The van der Waals surface area contributed by atoms with Crippen LogP contribution in [0.5, 0.6) is 0 Å². The second-order valence-corrected chi connectivity index (χ2v) is 8.61. The van der Waals surface area contributed by atoms with Crippen LogP contribution in [0.4, 0.5) is 0 Å². The quantitative estimate of drug-likeness (QED) is 0.727. The van der Waals surface area contributed by atoms with Crippen LogP contribution in [-0.2, 0) is 9.53 Å². The van der Waals surface area contributed by atoms with Crippen molar-refractivity contribution < 1.29 is 19.7 Å². The summed E-state index contributed by atoms with van der Waals surface area (Å²) in [7, 11) is 0. The second kappa shape index (κ2) is 4.23. The van der Waals surface area contributed by atoms with Crippen molar-refractivity contribution in [1.29, 1.82) is 0 Å². The zero-order chi connectivity index (χ0) is 15.8. The van der Waals surface area contributed by atoms with Crippen molar-refractivity contribution in [1.82, 2.24) is 0 Å². The molecule has 120 valence electrons. The minimum atomic E-state index is -0.880. The Labute approximate surface area is 126 Å². The topological polar surface area (TPSA) is 66.8 Å². The zero-order valence-corrected chi connectivity index (χ0v) is 13.7. The van der Waals surface area contributed by atoms with Crippen molar-refractivity contribution in [2.24, 2.45) is 29.1 Å². The van der Waals surface area contributed by atoms with Gasteiger partial charge >= 0.3 is 5.97 Å². The van der Waals surface area contributed by atoms with Gasteiger partial charge in [-0.3, -0.25) is 4.79 Å². The largest absolute Gasteiger partial charge is 0.462 e. The fraction of sp³-hybridized carbons (Fsp3) is 0.941. The molecule has 21 heavy (non-hydrogen) atoms. The van der Waals surface area contributed by atoms with Crippen molar-refractivity contribution in [3.8, 4) is 0 Å². The van der Waals surface area contributed by atoms with E-state index < -0.39 is 11.2 Å². The number of ether oxygens (including phenoxy) is 1. The van der Waals surface area contributed by atoms with E-state index in [0.717, 1.165) is 12.8 Å². The molecule has 0 bridgehead atoms. The van der Waals surface area contributed by atoms with Gasteiger partial charge in [-0.1, -0.05) is 13.8 Å². The van der Waals surface area contributed by atoms with Crippen molar-refractivity contribution in [3.63, 3.8) is 0 Å². The van der Waals surface area contributed by atoms with Gasteiger partial charge < -0.3 is 14.9 Å². The minimum Gasteiger partial charge on any atom is -0.462 e. The molecular weight excluding hydrogens is 268 g/mol. The maximum Gasteiger partial charge on any atom is 0.302 e. The first-order valence-electron chi connectivity index (χ1n) is 8.10. The van der Waals surface area contributed by atoms with Gasteiger partial charge in [-0.25, -0.2) is 0 Å². The van der Waals surface area contributed by atoms with E-state index in [-0.39, 0.29) is 35.2 Å². The summed E-state index contributed by atoms with van der Waals surface area (Å²) in [6.45, 7) is 9.58. The van der Waals surface area contributed by atoms with Crippen molar-refractivity contribution in [2.45, 2.75) is 71.2 Å². The van der Waals surface area contributed by atoms with Crippen molar-refractivity contribution in [3.05, 3.63) is 0 Å².